The molecule has 150 valence electrons. The topological polar surface area (TPSA) is 76.6 Å². The number of esters is 1. The van der Waals surface area contributed by atoms with Crippen molar-refractivity contribution in [2.75, 3.05) is 31.7 Å². The fraction of sp³-hybridized carbons (Fsp3) is 0.450. The fourth-order valence-electron chi connectivity index (χ4n) is 3.30. The Morgan fingerprint density at radius 3 is 2.82 bits per heavy atom. The van der Waals surface area contributed by atoms with Crippen LogP contribution in [0.1, 0.15) is 35.8 Å². The van der Waals surface area contributed by atoms with Crippen LogP contribution in [-0.2, 0) is 11.3 Å². The largest absolute Gasteiger partial charge is 0.492 e. The number of nitrogens with zero attached hydrogens (tertiary/aromatic N) is 3. The quantitative estimate of drug-likeness (QED) is 0.710. The Morgan fingerprint density at radius 1 is 1.32 bits per heavy atom. The van der Waals surface area contributed by atoms with Gasteiger partial charge in [-0.05, 0) is 56.6 Å². The fourth-order valence-corrected chi connectivity index (χ4v) is 3.47. The molecule has 0 atom stereocenters. The SMILES string of the molecule is CCOc1cc(CN(c2nccc(C(=O)OC)n2)C2CCNCC2)ccc1Cl. The van der Waals surface area contributed by atoms with Crippen LogP contribution < -0.4 is 15.0 Å². The molecule has 8 heteroatoms. The van der Waals surface area contributed by atoms with Crippen LogP contribution in [0.25, 0.3) is 0 Å². The van der Waals surface area contributed by atoms with E-state index < -0.39 is 5.97 Å². The highest BCUT2D eigenvalue weighted by molar-refractivity contribution is 6.32. The summed E-state index contributed by atoms with van der Waals surface area (Å²) in [6, 6.07) is 7.59. The van der Waals surface area contributed by atoms with Crippen LogP contribution >= 0.6 is 11.6 Å². The monoisotopic (exact) mass is 404 g/mol. The molecule has 0 saturated carbocycles. The van der Waals surface area contributed by atoms with E-state index in [4.69, 9.17) is 21.1 Å². The normalized spacial score (nSPS) is 14.5. The first kappa shape index (κ1) is 20.4. The second-order valence-corrected chi connectivity index (χ2v) is 6.95. The number of ether oxygens (including phenoxy) is 2. The highest BCUT2D eigenvalue weighted by atomic mass is 35.5. The predicted molar refractivity (Wildman–Crippen MR) is 108 cm³/mol. The third-order valence-corrected chi connectivity index (χ3v) is 5.00. The molecule has 0 radical (unpaired) electrons. The summed E-state index contributed by atoms with van der Waals surface area (Å²) < 4.78 is 10.4. The van der Waals surface area contributed by atoms with Gasteiger partial charge < -0.3 is 19.7 Å². The molecule has 1 saturated heterocycles. The summed E-state index contributed by atoms with van der Waals surface area (Å²) >= 11 is 6.23. The lowest BCUT2D eigenvalue weighted by Crippen LogP contribution is -2.43. The zero-order valence-electron chi connectivity index (χ0n) is 16.2. The molecule has 2 heterocycles. The number of piperidine rings is 1. The molecule has 0 unspecified atom stereocenters. The van der Waals surface area contributed by atoms with E-state index in [9.17, 15) is 4.79 Å². The maximum Gasteiger partial charge on any atom is 0.356 e. The third kappa shape index (κ3) is 4.91. The Morgan fingerprint density at radius 2 is 2.11 bits per heavy atom. The zero-order valence-corrected chi connectivity index (χ0v) is 16.9. The van der Waals surface area contributed by atoms with Crippen molar-refractivity contribution in [3.63, 3.8) is 0 Å². The zero-order chi connectivity index (χ0) is 19.9. The van der Waals surface area contributed by atoms with Crippen molar-refractivity contribution in [1.82, 2.24) is 15.3 Å². The lowest BCUT2D eigenvalue weighted by atomic mass is 10.0. The van der Waals surface area contributed by atoms with Gasteiger partial charge in [-0.15, -0.1) is 0 Å². The van der Waals surface area contributed by atoms with Crippen molar-refractivity contribution in [2.24, 2.45) is 0 Å². The highest BCUT2D eigenvalue weighted by Gasteiger charge is 2.24. The summed E-state index contributed by atoms with van der Waals surface area (Å²) in [6.07, 6.45) is 3.53. The third-order valence-electron chi connectivity index (χ3n) is 4.69. The standard InChI is InChI=1S/C20H25ClN4O3/c1-3-28-18-12-14(4-5-16(18)21)13-25(15-6-9-22-10-7-15)20-23-11-8-17(24-20)19(26)27-2/h4-5,8,11-12,15,22H,3,6-7,9-10,13H2,1-2H3. The van der Waals surface area contributed by atoms with Gasteiger partial charge in [0.25, 0.3) is 0 Å². The molecular formula is C20H25ClN4O3. The first-order valence-electron chi connectivity index (χ1n) is 9.42. The Kier molecular flexibility index (Phi) is 7.06. The van der Waals surface area contributed by atoms with Gasteiger partial charge in [0.2, 0.25) is 5.95 Å². The van der Waals surface area contributed by atoms with Crippen molar-refractivity contribution in [3.8, 4) is 5.75 Å². The number of carbonyl (C=O) groups excluding carboxylic acids is 1. The minimum Gasteiger partial charge on any atom is -0.492 e. The van der Waals surface area contributed by atoms with Crippen LogP contribution in [0.5, 0.6) is 5.75 Å². The number of methoxy groups -OCH3 is 1. The van der Waals surface area contributed by atoms with Gasteiger partial charge in [0.15, 0.2) is 5.69 Å². The van der Waals surface area contributed by atoms with E-state index in [-0.39, 0.29) is 11.7 Å². The Labute approximate surface area is 170 Å². The first-order valence-corrected chi connectivity index (χ1v) is 9.80. The summed E-state index contributed by atoms with van der Waals surface area (Å²) in [5.41, 5.74) is 1.29. The van der Waals surface area contributed by atoms with Gasteiger partial charge >= 0.3 is 5.97 Å². The molecule has 1 aliphatic heterocycles. The van der Waals surface area contributed by atoms with E-state index >= 15 is 0 Å². The molecule has 1 aromatic heterocycles. The first-order chi connectivity index (χ1) is 13.6. The number of rotatable bonds is 7. The number of nitrogens with one attached hydrogen (secondary N) is 1. The molecule has 0 bridgehead atoms. The summed E-state index contributed by atoms with van der Waals surface area (Å²) in [5, 5.41) is 3.96. The highest BCUT2D eigenvalue weighted by Crippen LogP contribution is 2.28. The summed E-state index contributed by atoms with van der Waals surface area (Å²) in [6.45, 7) is 4.93. The maximum atomic E-state index is 11.9. The second kappa shape index (κ2) is 9.71. The van der Waals surface area contributed by atoms with Gasteiger partial charge in [-0.25, -0.2) is 14.8 Å². The molecule has 0 spiro atoms. The minimum absolute atomic E-state index is 0.248. The van der Waals surface area contributed by atoms with Gasteiger partial charge in [-0.3, -0.25) is 0 Å². The minimum atomic E-state index is -0.473. The van der Waals surface area contributed by atoms with Crippen molar-refractivity contribution in [3.05, 3.63) is 46.7 Å². The average Bonchev–Trinajstić information content (AvgIpc) is 2.74. The van der Waals surface area contributed by atoms with Crippen molar-refractivity contribution >= 4 is 23.5 Å². The van der Waals surface area contributed by atoms with Crippen LogP contribution in [-0.4, -0.2) is 48.8 Å². The van der Waals surface area contributed by atoms with Crippen molar-refractivity contribution in [2.45, 2.75) is 32.4 Å². The lowest BCUT2D eigenvalue weighted by molar-refractivity contribution is 0.0594. The molecule has 1 aliphatic rings. The second-order valence-electron chi connectivity index (χ2n) is 6.54. The molecule has 1 fully saturated rings. The van der Waals surface area contributed by atoms with Gasteiger partial charge in [-0.2, -0.15) is 0 Å². The van der Waals surface area contributed by atoms with Crippen LogP contribution in [0.2, 0.25) is 5.02 Å². The van der Waals surface area contributed by atoms with E-state index in [2.05, 4.69) is 20.2 Å². The molecule has 2 aromatic rings. The number of aromatic nitrogens is 2. The number of benzene rings is 1. The summed E-state index contributed by atoms with van der Waals surface area (Å²) in [4.78, 5) is 22.9. The molecule has 3 rings (SSSR count). The molecule has 1 aromatic carbocycles. The van der Waals surface area contributed by atoms with Crippen molar-refractivity contribution < 1.29 is 14.3 Å². The Hall–Kier alpha value is -2.38. The molecule has 0 amide bonds. The van der Waals surface area contributed by atoms with Crippen LogP contribution in [0, 0.1) is 0 Å². The molecule has 0 aliphatic carbocycles. The average molecular weight is 405 g/mol. The number of halogens is 1. The Balaban J connectivity index is 1.92. The van der Waals surface area contributed by atoms with Gasteiger partial charge in [0.1, 0.15) is 5.75 Å². The van der Waals surface area contributed by atoms with E-state index in [1.165, 1.54) is 7.11 Å². The van der Waals surface area contributed by atoms with E-state index in [0.29, 0.717) is 29.9 Å². The Bertz CT molecular complexity index is 812. The molecule has 1 N–H and O–H groups in total. The number of anilines is 1. The summed E-state index contributed by atoms with van der Waals surface area (Å²) in [7, 11) is 1.34. The lowest BCUT2D eigenvalue weighted by Gasteiger charge is -2.35. The van der Waals surface area contributed by atoms with Gasteiger partial charge in [-0.1, -0.05) is 17.7 Å². The number of hydrogen-bond donors (Lipinski definition) is 1. The number of hydrogen-bond acceptors (Lipinski definition) is 7. The van der Waals surface area contributed by atoms with Gasteiger partial charge in [0.05, 0.1) is 18.7 Å². The molecule has 28 heavy (non-hydrogen) atoms. The van der Waals surface area contributed by atoms with E-state index in [1.54, 1.807) is 12.3 Å². The predicted octanol–water partition coefficient (Wildman–Crippen LogP) is 3.07. The van der Waals surface area contributed by atoms with Crippen LogP contribution in [0.3, 0.4) is 0 Å². The maximum absolute atomic E-state index is 11.9. The molecular weight excluding hydrogens is 380 g/mol. The van der Waals surface area contributed by atoms with Crippen molar-refractivity contribution in [1.29, 1.82) is 0 Å². The summed E-state index contributed by atoms with van der Waals surface area (Å²) in [5.74, 6) is 0.706. The smallest absolute Gasteiger partial charge is 0.356 e. The molecule has 7 nitrogen and oxygen atoms in total. The van der Waals surface area contributed by atoms with E-state index in [1.807, 2.05) is 25.1 Å². The van der Waals surface area contributed by atoms with Crippen LogP contribution in [0.4, 0.5) is 5.95 Å². The van der Waals surface area contributed by atoms with Gasteiger partial charge in [0, 0.05) is 18.8 Å². The number of carbonyl (C=O) groups is 1. The van der Waals surface area contributed by atoms with Crippen LogP contribution in [0.15, 0.2) is 30.5 Å². The van der Waals surface area contributed by atoms with E-state index in [0.717, 1.165) is 31.5 Å².